The monoisotopic (exact) mass is 331 g/mol. The van der Waals surface area contributed by atoms with Crippen LogP contribution >= 0.6 is 39.0 Å². The summed E-state index contributed by atoms with van der Waals surface area (Å²) in [5.41, 5.74) is 0. The molecule has 2 heterocycles. The highest BCUT2D eigenvalue weighted by Crippen LogP contribution is 2.22. The van der Waals surface area contributed by atoms with Gasteiger partial charge < -0.3 is 9.73 Å². The molecule has 1 N–H and O–H groups in total. The van der Waals surface area contributed by atoms with Gasteiger partial charge in [-0.2, -0.15) is 11.8 Å². The van der Waals surface area contributed by atoms with Gasteiger partial charge in [0, 0.05) is 15.9 Å². The number of thiophene rings is 1. The van der Waals surface area contributed by atoms with Crippen molar-refractivity contribution >= 4 is 39.0 Å². The largest absolute Gasteiger partial charge is 0.464 e. The second kappa shape index (κ2) is 6.64. The Kier molecular flexibility index (Phi) is 5.16. The Labute approximate surface area is 118 Å². The van der Waals surface area contributed by atoms with Gasteiger partial charge in [0.25, 0.3) is 0 Å². The molecule has 0 amide bonds. The van der Waals surface area contributed by atoms with Crippen molar-refractivity contribution in [2.45, 2.75) is 18.8 Å². The van der Waals surface area contributed by atoms with Crippen LogP contribution < -0.4 is 5.32 Å². The van der Waals surface area contributed by atoms with Crippen LogP contribution in [0, 0.1) is 0 Å². The molecule has 0 atom stereocenters. The van der Waals surface area contributed by atoms with Gasteiger partial charge in [-0.1, -0.05) is 0 Å². The fourth-order valence-electron chi connectivity index (χ4n) is 1.49. The van der Waals surface area contributed by atoms with E-state index in [-0.39, 0.29) is 0 Å². The van der Waals surface area contributed by atoms with Gasteiger partial charge in [0.05, 0.1) is 12.3 Å². The van der Waals surface area contributed by atoms with Gasteiger partial charge in [0.15, 0.2) is 0 Å². The number of hydrogen-bond donors (Lipinski definition) is 1. The summed E-state index contributed by atoms with van der Waals surface area (Å²) >= 11 is 7.05. The molecule has 0 bridgehead atoms. The van der Waals surface area contributed by atoms with Crippen LogP contribution in [0.4, 0.5) is 0 Å². The molecule has 92 valence electrons. The molecule has 0 aliphatic heterocycles. The average Bonchev–Trinajstić information content (AvgIpc) is 2.90. The molecule has 2 nitrogen and oxygen atoms in total. The molecule has 17 heavy (non-hydrogen) atoms. The maximum absolute atomic E-state index is 5.68. The fraction of sp³-hybridized carbons (Fsp3) is 0.333. The van der Waals surface area contributed by atoms with Crippen LogP contribution in [0.25, 0.3) is 0 Å². The number of halogens is 1. The molecule has 2 aromatic heterocycles. The van der Waals surface area contributed by atoms with E-state index in [1.165, 1.54) is 9.35 Å². The van der Waals surface area contributed by atoms with E-state index in [2.05, 4.69) is 45.0 Å². The van der Waals surface area contributed by atoms with Crippen molar-refractivity contribution in [3.63, 3.8) is 0 Å². The molecule has 0 radical (unpaired) electrons. The minimum Gasteiger partial charge on any atom is -0.464 e. The number of thioether (sulfide) groups is 1. The number of furan rings is 1. The van der Waals surface area contributed by atoms with Crippen molar-refractivity contribution in [1.29, 1.82) is 0 Å². The lowest BCUT2D eigenvalue weighted by molar-refractivity contribution is 0.460. The zero-order valence-corrected chi connectivity index (χ0v) is 12.8. The Morgan fingerprint density at radius 2 is 2.12 bits per heavy atom. The SMILES string of the molecule is CSCc1ccc(CNCc2sccc2Br)o1. The summed E-state index contributed by atoms with van der Waals surface area (Å²) in [7, 11) is 0. The molecule has 2 aromatic rings. The van der Waals surface area contributed by atoms with Crippen LogP contribution in [-0.2, 0) is 18.8 Å². The first-order chi connectivity index (χ1) is 8.29. The van der Waals surface area contributed by atoms with Crippen molar-refractivity contribution in [2.24, 2.45) is 0 Å². The van der Waals surface area contributed by atoms with Gasteiger partial charge in [-0.25, -0.2) is 0 Å². The Morgan fingerprint density at radius 3 is 2.82 bits per heavy atom. The van der Waals surface area contributed by atoms with Crippen LogP contribution in [0.15, 0.2) is 32.5 Å². The molecular weight excluding hydrogens is 318 g/mol. The van der Waals surface area contributed by atoms with Gasteiger partial charge in [0.1, 0.15) is 11.5 Å². The number of hydrogen-bond acceptors (Lipinski definition) is 4. The molecule has 0 aliphatic rings. The fourth-order valence-corrected chi connectivity index (χ4v) is 3.39. The van der Waals surface area contributed by atoms with E-state index in [0.29, 0.717) is 0 Å². The second-order valence-corrected chi connectivity index (χ2v) is 6.32. The zero-order chi connectivity index (χ0) is 12.1. The summed E-state index contributed by atoms with van der Waals surface area (Å²) in [6.45, 7) is 1.65. The van der Waals surface area contributed by atoms with Crippen LogP contribution in [0.3, 0.4) is 0 Å². The summed E-state index contributed by atoms with van der Waals surface area (Å²) in [4.78, 5) is 1.32. The van der Waals surface area contributed by atoms with Crippen LogP contribution in [-0.4, -0.2) is 6.26 Å². The van der Waals surface area contributed by atoms with E-state index >= 15 is 0 Å². The third kappa shape index (κ3) is 3.88. The van der Waals surface area contributed by atoms with Gasteiger partial charge in [-0.3, -0.25) is 0 Å². The predicted molar refractivity (Wildman–Crippen MR) is 78.5 cm³/mol. The topological polar surface area (TPSA) is 25.2 Å². The van der Waals surface area contributed by atoms with Gasteiger partial charge >= 0.3 is 0 Å². The molecule has 0 unspecified atom stereocenters. The minimum absolute atomic E-state index is 0.777. The first-order valence-electron chi connectivity index (χ1n) is 5.28. The minimum atomic E-state index is 0.777. The quantitative estimate of drug-likeness (QED) is 0.856. The molecular formula is C12H14BrNOS2. The van der Waals surface area contributed by atoms with E-state index in [1.807, 2.05) is 6.07 Å². The third-order valence-electron chi connectivity index (χ3n) is 2.28. The maximum atomic E-state index is 5.68. The molecule has 0 spiro atoms. The Hall–Kier alpha value is -0.230. The first kappa shape index (κ1) is 13.2. The Morgan fingerprint density at radius 1 is 1.29 bits per heavy atom. The summed E-state index contributed by atoms with van der Waals surface area (Å²) in [5.74, 6) is 2.99. The van der Waals surface area contributed by atoms with E-state index in [4.69, 9.17) is 4.42 Å². The van der Waals surface area contributed by atoms with Gasteiger partial charge in [-0.15, -0.1) is 11.3 Å². The van der Waals surface area contributed by atoms with Crippen LogP contribution in [0.2, 0.25) is 0 Å². The predicted octanol–water partition coefficient (Wildman–Crippen LogP) is 4.26. The summed E-state index contributed by atoms with van der Waals surface area (Å²) in [6, 6.07) is 6.17. The standard InChI is InChI=1S/C12H14BrNOS2/c1-16-8-10-3-2-9(15-10)6-14-7-12-11(13)4-5-17-12/h2-5,14H,6-8H2,1H3. The highest BCUT2D eigenvalue weighted by molar-refractivity contribution is 9.10. The van der Waals surface area contributed by atoms with E-state index in [0.717, 1.165) is 30.4 Å². The summed E-state index contributed by atoms with van der Waals surface area (Å²) < 4.78 is 6.86. The highest BCUT2D eigenvalue weighted by Gasteiger charge is 2.03. The van der Waals surface area contributed by atoms with Crippen LogP contribution in [0.1, 0.15) is 16.4 Å². The van der Waals surface area contributed by atoms with Gasteiger partial charge in [0.2, 0.25) is 0 Å². The summed E-state index contributed by atoms with van der Waals surface area (Å²) in [5, 5.41) is 5.47. The van der Waals surface area contributed by atoms with E-state index in [1.54, 1.807) is 23.1 Å². The Balaban J connectivity index is 1.80. The lowest BCUT2D eigenvalue weighted by Crippen LogP contribution is -2.11. The average molecular weight is 332 g/mol. The highest BCUT2D eigenvalue weighted by atomic mass is 79.9. The Bertz CT molecular complexity index is 467. The molecule has 0 aliphatic carbocycles. The second-order valence-electron chi connectivity index (χ2n) is 3.60. The first-order valence-corrected chi connectivity index (χ1v) is 8.35. The van der Waals surface area contributed by atoms with E-state index < -0.39 is 0 Å². The molecule has 0 fully saturated rings. The van der Waals surface area contributed by atoms with Gasteiger partial charge in [-0.05, 0) is 45.8 Å². The maximum Gasteiger partial charge on any atom is 0.118 e. The van der Waals surface area contributed by atoms with Crippen molar-refractivity contribution in [1.82, 2.24) is 5.32 Å². The van der Waals surface area contributed by atoms with E-state index in [9.17, 15) is 0 Å². The number of rotatable bonds is 6. The van der Waals surface area contributed by atoms with Crippen molar-refractivity contribution < 1.29 is 4.42 Å². The zero-order valence-electron chi connectivity index (χ0n) is 9.53. The summed E-state index contributed by atoms with van der Waals surface area (Å²) in [6.07, 6.45) is 2.08. The third-order valence-corrected chi connectivity index (χ3v) is 4.78. The number of nitrogens with one attached hydrogen (secondary N) is 1. The molecule has 0 aromatic carbocycles. The van der Waals surface area contributed by atoms with Crippen molar-refractivity contribution in [3.8, 4) is 0 Å². The normalized spacial score (nSPS) is 10.9. The van der Waals surface area contributed by atoms with Crippen molar-refractivity contribution in [2.75, 3.05) is 6.26 Å². The molecule has 0 saturated heterocycles. The lowest BCUT2D eigenvalue weighted by atomic mass is 10.4. The smallest absolute Gasteiger partial charge is 0.118 e. The lowest BCUT2D eigenvalue weighted by Gasteiger charge is -2.01. The molecule has 0 saturated carbocycles. The molecule has 2 rings (SSSR count). The van der Waals surface area contributed by atoms with Crippen LogP contribution in [0.5, 0.6) is 0 Å². The molecule has 5 heteroatoms. The van der Waals surface area contributed by atoms with Crippen molar-refractivity contribution in [3.05, 3.63) is 44.4 Å².